The maximum atomic E-state index is 13.1. The monoisotopic (exact) mass is 446 g/mol. The molecule has 170 valence electrons. The molecule has 1 unspecified atom stereocenters. The number of nitrogens with zero attached hydrogens (tertiary/aromatic N) is 2. The number of terminal acetylenes is 1. The first-order chi connectivity index (χ1) is 15.6. The Morgan fingerprint density at radius 3 is 2.91 bits per heavy atom. The third kappa shape index (κ3) is 4.02. The number of carbonyl (C=O) groups is 1. The third-order valence-corrected chi connectivity index (χ3v) is 6.37. The normalized spacial score (nSPS) is 18.4. The van der Waals surface area contributed by atoms with Gasteiger partial charge < -0.3 is 15.8 Å². The number of nitrogens with one attached hydrogen (secondary N) is 1. The van der Waals surface area contributed by atoms with Crippen LogP contribution in [0.15, 0.2) is 35.5 Å². The average Bonchev–Trinajstić information content (AvgIpc) is 2.77. The fourth-order valence-corrected chi connectivity index (χ4v) is 4.74. The molecule has 2 aromatic rings. The van der Waals surface area contributed by atoms with E-state index in [1.165, 1.54) is 12.1 Å². The van der Waals surface area contributed by atoms with Crippen LogP contribution in [0.4, 0.5) is 17.2 Å². The van der Waals surface area contributed by atoms with Crippen LogP contribution >= 0.6 is 0 Å². The second kappa shape index (κ2) is 8.24. The number of benzene rings is 1. The summed E-state index contributed by atoms with van der Waals surface area (Å²) in [5.41, 5.74) is 11.3. The Morgan fingerprint density at radius 2 is 2.21 bits per heavy atom. The number of hydrogen-bond donors (Lipinski definition) is 2. The third-order valence-electron chi connectivity index (χ3n) is 6.37. The topological polar surface area (TPSA) is 120 Å². The van der Waals surface area contributed by atoms with Gasteiger partial charge in [-0.1, -0.05) is 31.9 Å². The number of rotatable bonds is 4. The molecule has 33 heavy (non-hydrogen) atoms. The molecular weight excluding hydrogens is 420 g/mol. The van der Waals surface area contributed by atoms with Gasteiger partial charge in [0.05, 0.1) is 10.5 Å². The van der Waals surface area contributed by atoms with Gasteiger partial charge in [0.25, 0.3) is 5.69 Å². The van der Waals surface area contributed by atoms with Crippen molar-refractivity contribution in [2.24, 2.45) is 5.41 Å². The van der Waals surface area contributed by atoms with Crippen LogP contribution in [0.3, 0.4) is 0 Å². The van der Waals surface area contributed by atoms with Crippen molar-refractivity contribution in [3.8, 4) is 12.3 Å². The summed E-state index contributed by atoms with van der Waals surface area (Å²) in [6.45, 7) is 5.95. The van der Waals surface area contributed by atoms with Crippen LogP contribution < -0.4 is 11.1 Å². The van der Waals surface area contributed by atoms with Crippen LogP contribution in [-0.4, -0.2) is 22.5 Å². The van der Waals surface area contributed by atoms with Crippen molar-refractivity contribution >= 4 is 23.2 Å². The molecule has 0 radical (unpaired) electrons. The highest BCUT2D eigenvalue weighted by Crippen LogP contribution is 2.48. The number of nitro benzene ring substituents is 1. The molecule has 8 nitrogen and oxygen atoms in total. The van der Waals surface area contributed by atoms with Gasteiger partial charge in [0, 0.05) is 40.7 Å². The molecule has 1 aromatic carbocycles. The predicted octanol–water partition coefficient (Wildman–Crippen LogP) is 4.09. The number of nitrogen functional groups attached to an aromatic ring is 1. The molecule has 2 aliphatic rings. The standard InChI is InChI=1S/C25H26N4O4/c1-5-11-33-24(30)19-14(2)27-23-21(20(19)15-7-6-8-16(12-15)29(31)32)22(26)17-13-25(3,4)10-9-18(17)28-23/h1,6-8,12,20H,9-11,13H2,2-4H3,(H3,26,27,28). The van der Waals surface area contributed by atoms with Crippen LogP contribution in [0, 0.1) is 27.9 Å². The molecule has 0 spiro atoms. The fourth-order valence-electron chi connectivity index (χ4n) is 4.74. The summed E-state index contributed by atoms with van der Waals surface area (Å²) in [4.78, 5) is 28.9. The van der Waals surface area contributed by atoms with Gasteiger partial charge in [-0.05, 0) is 42.7 Å². The molecular formula is C25H26N4O4. The van der Waals surface area contributed by atoms with Crippen molar-refractivity contribution in [3.05, 3.63) is 68.0 Å². The van der Waals surface area contributed by atoms with E-state index in [4.69, 9.17) is 21.9 Å². The van der Waals surface area contributed by atoms with E-state index in [1.54, 1.807) is 19.1 Å². The summed E-state index contributed by atoms with van der Waals surface area (Å²) >= 11 is 0. The SMILES string of the molecule is C#CCOC(=O)C1=C(C)Nc2nc3c(c(N)c2C1c1cccc([N+](=O)[O-])c1)CC(C)(C)CC3. The number of ether oxygens (including phenoxy) is 1. The summed E-state index contributed by atoms with van der Waals surface area (Å²) in [6, 6.07) is 6.22. The van der Waals surface area contributed by atoms with Crippen molar-refractivity contribution in [2.75, 3.05) is 17.7 Å². The highest BCUT2D eigenvalue weighted by molar-refractivity contribution is 5.95. The van der Waals surface area contributed by atoms with Crippen molar-refractivity contribution < 1.29 is 14.5 Å². The van der Waals surface area contributed by atoms with Crippen LogP contribution in [0.25, 0.3) is 0 Å². The van der Waals surface area contributed by atoms with E-state index in [2.05, 4.69) is 25.1 Å². The second-order valence-electron chi connectivity index (χ2n) is 9.28. The Kier molecular flexibility index (Phi) is 5.58. The second-order valence-corrected chi connectivity index (χ2v) is 9.28. The smallest absolute Gasteiger partial charge is 0.337 e. The average molecular weight is 447 g/mol. The zero-order valence-corrected chi connectivity index (χ0v) is 18.9. The molecule has 0 saturated heterocycles. The van der Waals surface area contributed by atoms with Crippen molar-refractivity contribution in [2.45, 2.75) is 46.0 Å². The lowest BCUT2D eigenvalue weighted by Crippen LogP contribution is -2.30. The molecule has 0 amide bonds. The highest BCUT2D eigenvalue weighted by Gasteiger charge is 2.39. The number of allylic oxidation sites excluding steroid dienone is 1. The van der Waals surface area contributed by atoms with E-state index in [1.807, 2.05) is 0 Å². The lowest BCUT2D eigenvalue weighted by atomic mass is 9.73. The summed E-state index contributed by atoms with van der Waals surface area (Å²) in [6.07, 6.45) is 7.84. The van der Waals surface area contributed by atoms with Crippen molar-refractivity contribution in [1.82, 2.24) is 4.98 Å². The molecule has 8 heteroatoms. The molecule has 1 aromatic heterocycles. The number of nitrogens with two attached hydrogens (primary N) is 1. The van der Waals surface area contributed by atoms with Gasteiger partial charge in [0.1, 0.15) is 5.82 Å². The van der Waals surface area contributed by atoms with Gasteiger partial charge in [-0.2, -0.15) is 0 Å². The first kappa shape index (κ1) is 22.3. The molecule has 1 aliphatic heterocycles. The fraction of sp³-hybridized carbons (Fsp3) is 0.360. The lowest BCUT2D eigenvalue weighted by Gasteiger charge is -2.36. The van der Waals surface area contributed by atoms with E-state index >= 15 is 0 Å². The van der Waals surface area contributed by atoms with Crippen molar-refractivity contribution in [3.63, 3.8) is 0 Å². The van der Waals surface area contributed by atoms with Crippen LogP contribution in [-0.2, 0) is 22.4 Å². The molecule has 0 bridgehead atoms. The van der Waals surface area contributed by atoms with Gasteiger partial charge in [-0.25, -0.2) is 9.78 Å². The zero-order valence-electron chi connectivity index (χ0n) is 18.9. The Bertz CT molecular complexity index is 1240. The minimum Gasteiger partial charge on any atom is -0.449 e. The largest absolute Gasteiger partial charge is 0.449 e. The van der Waals surface area contributed by atoms with Crippen molar-refractivity contribution in [1.29, 1.82) is 0 Å². The Hall–Kier alpha value is -3.86. The Labute approximate surface area is 192 Å². The number of aryl methyl sites for hydroxylation is 1. The van der Waals surface area contributed by atoms with E-state index in [-0.39, 0.29) is 17.7 Å². The molecule has 4 rings (SSSR count). The quantitative estimate of drug-likeness (QED) is 0.314. The van der Waals surface area contributed by atoms with Gasteiger partial charge in [0.15, 0.2) is 6.61 Å². The number of hydrogen-bond acceptors (Lipinski definition) is 7. The molecule has 3 N–H and O–H groups in total. The molecule has 1 atom stereocenters. The summed E-state index contributed by atoms with van der Waals surface area (Å²) < 4.78 is 5.26. The number of fused-ring (bicyclic) bond motifs is 2. The first-order valence-electron chi connectivity index (χ1n) is 10.8. The van der Waals surface area contributed by atoms with Gasteiger partial charge >= 0.3 is 5.97 Å². The van der Waals surface area contributed by atoms with Crippen LogP contribution in [0.5, 0.6) is 0 Å². The molecule has 1 aliphatic carbocycles. The predicted molar refractivity (Wildman–Crippen MR) is 126 cm³/mol. The number of non-ortho nitro benzene ring substituents is 1. The molecule has 0 fully saturated rings. The van der Waals surface area contributed by atoms with Gasteiger partial charge in [0.2, 0.25) is 0 Å². The summed E-state index contributed by atoms with van der Waals surface area (Å²) in [5, 5.41) is 14.7. The van der Waals surface area contributed by atoms with E-state index in [0.29, 0.717) is 33.9 Å². The maximum Gasteiger partial charge on any atom is 0.337 e. The number of anilines is 2. The number of nitro groups is 1. The maximum absolute atomic E-state index is 13.1. The van der Waals surface area contributed by atoms with Crippen LogP contribution in [0.2, 0.25) is 0 Å². The number of esters is 1. The van der Waals surface area contributed by atoms with E-state index < -0.39 is 16.8 Å². The minimum absolute atomic E-state index is 0.0699. The first-order valence-corrected chi connectivity index (χ1v) is 10.8. The Morgan fingerprint density at radius 1 is 1.45 bits per heavy atom. The van der Waals surface area contributed by atoms with Crippen LogP contribution in [0.1, 0.15) is 55.5 Å². The van der Waals surface area contributed by atoms with Gasteiger partial charge in [-0.15, -0.1) is 6.42 Å². The van der Waals surface area contributed by atoms with E-state index in [9.17, 15) is 14.9 Å². The zero-order chi connectivity index (χ0) is 23.9. The Balaban J connectivity index is 1.95. The number of aromatic nitrogens is 1. The number of pyridine rings is 1. The lowest BCUT2D eigenvalue weighted by molar-refractivity contribution is -0.384. The van der Waals surface area contributed by atoms with Gasteiger partial charge in [-0.3, -0.25) is 10.1 Å². The highest BCUT2D eigenvalue weighted by atomic mass is 16.6. The molecule has 0 saturated carbocycles. The molecule has 2 heterocycles. The van der Waals surface area contributed by atoms with E-state index in [0.717, 1.165) is 30.5 Å². The summed E-state index contributed by atoms with van der Waals surface area (Å²) in [7, 11) is 0. The minimum atomic E-state index is -0.686. The summed E-state index contributed by atoms with van der Waals surface area (Å²) in [5.74, 6) is 1.58. The number of carbonyl (C=O) groups excluding carboxylic acids is 1.